The number of carbonyl (C=O) groups is 1. The number of nitrogens with zero attached hydrogens (tertiary/aromatic N) is 1. The van der Waals surface area contributed by atoms with E-state index in [-0.39, 0.29) is 11.9 Å². The maximum Gasteiger partial charge on any atom is 0.249 e. The van der Waals surface area contributed by atoms with E-state index in [1.165, 1.54) is 0 Å². The van der Waals surface area contributed by atoms with E-state index in [4.69, 9.17) is 5.73 Å². The molecule has 1 heterocycles. The van der Waals surface area contributed by atoms with E-state index in [2.05, 4.69) is 29.2 Å². The second-order valence-electron chi connectivity index (χ2n) is 4.81. The summed E-state index contributed by atoms with van der Waals surface area (Å²) in [5, 5.41) is 0. The zero-order valence-electron chi connectivity index (χ0n) is 11.1. The molecule has 0 bridgehead atoms. The van der Waals surface area contributed by atoms with Crippen LogP contribution in [0.1, 0.15) is 22.0 Å². The van der Waals surface area contributed by atoms with Gasteiger partial charge in [-0.15, -0.1) is 0 Å². The quantitative estimate of drug-likeness (QED) is 0.866. The number of carbonyl (C=O) groups excluding carboxylic acids is 1. The smallest absolute Gasteiger partial charge is 0.249 e. The Morgan fingerprint density at radius 3 is 2.50 bits per heavy atom. The monoisotopic (exact) mass is 264 g/mol. The highest BCUT2D eigenvalue weighted by Crippen LogP contribution is 2.33. The molecule has 0 spiro atoms. The van der Waals surface area contributed by atoms with Crippen LogP contribution >= 0.6 is 0 Å². The van der Waals surface area contributed by atoms with Crippen molar-refractivity contribution in [2.45, 2.75) is 6.04 Å². The van der Waals surface area contributed by atoms with Crippen LogP contribution in [0.4, 0.5) is 5.69 Å². The minimum absolute atomic E-state index is 0.0566. The van der Waals surface area contributed by atoms with Crippen molar-refractivity contribution in [3.8, 4) is 0 Å². The van der Waals surface area contributed by atoms with Crippen LogP contribution in [-0.4, -0.2) is 12.5 Å². The van der Waals surface area contributed by atoms with Gasteiger partial charge in [-0.2, -0.15) is 0 Å². The van der Waals surface area contributed by atoms with E-state index < -0.39 is 0 Å². The summed E-state index contributed by atoms with van der Waals surface area (Å²) in [4.78, 5) is 13.9. The molecular weight excluding hydrogens is 248 g/mol. The zero-order valence-corrected chi connectivity index (χ0v) is 11.1. The first kappa shape index (κ1) is 12.5. The number of para-hydroxylation sites is 1. The second kappa shape index (κ2) is 5.21. The van der Waals surface area contributed by atoms with Gasteiger partial charge in [-0.3, -0.25) is 4.79 Å². The Kier molecular flexibility index (Phi) is 3.25. The number of primary amides is 1. The number of benzene rings is 2. The molecule has 3 nitrogen and oxygen atoms in total. The van der Waals surface area contributed by atoms with E-state index in [0.29, 0.717) is 5.56 Å². The molecule has 1 amide bonds. The molecule has 0 fully saturated rings. The van der Waals surface area contributed by atoms with Crippen LogP contribution < -0.4 is 10.6 Å². The van der Waals surface area contributed by atoms with Crippen molar-refractivity contribution in [1.29, 1.82) is 0 Å². The summed E-state index contributed by atoms with van der Waals surface area (Å²) in [5.41, 5.74) is 8.17. The standard InChI is InChI=1S/C17H16N2O/c18-17(20)15-10-5-4-9-14(15)16-11-6-12-19(16)13-7-2-1-3-8-13/h1-11,16H,12H2,(H2,18,20). The third kappa shape index (κ3) is 2.18. The van der Waals surface area contributed by atoms with Gasteiger partial charge in [0.25, 0.3) is 0 Å². The molecule has 2 aromatic rings. The molecule has 3 rings (SSSR count). The average molecular weight is 264 g/mol. The van der Waals surface area contributed by atoms with Crippen LogP contribution in [0.2, 0.25) is 0 Å². The molecule has 1 aliphatic rings. The van der Waals surface area contributed by atoms with Crippen molar-refractivity contribution < 1.29 is 4.79 Å². The highest BCUT2D eigenvalue weighted by molar-refractivity contribution is 5.94. The number of rotatable bonds is 3. The van der Waals surface area contributed by atoms with Crippen molar-refractivity contribution >= 4 is 11.6 Å². The van der Waals surface area contributed by atoms with Crippen molar-refractivity contribution in [3.05, 3.63) is 77.9 Å². The molecule has 3 heteroatoms. The van der Waals surface area contributed by atoms with Gasteiger partial charge >= 0.3 is 0 Å². The summed E-state index contributed by atoms with van der Waals surface area (Å²) in [6.45, 7) is 0.835. The molecule has 1 unspecified atom stereocenters. The van der Waals surface area contributed by atoms with Gasteiger partial charge in [0.15, 0.2) is 0 Å². The van der Waals surface area contributed by atoms with Gasteiger partial charge in [0.1, 0.15) is 0 Å². The number of anilines is 1. The van der Waals surface area contributed by atoms with Crippen molar-refractivity contribution in [3.63, 3.8) is 0 Å². The first-order chi connectivity index (χ1) is 9.77. The first-order valence-electron chi connectivity index (χ1n) is 6.64. The molecule has 0 saturated heterocycles. The number of nitrogens with two attached hydrogens (primary N) is 1. The predicted octanol–water partition coefficient (Wildman–Crippen LogP) is 2.90. The summed E-state index contributed by atoms with van der Waals surface area (Å²) in [6.07, 6.45) is 4.24. The SMILES string of the molecule is NC(=O)c1ccccc1C1C=CCN1c1ccccc1. The fourth-order valence-corrected chi connectivity index (χ4v) is 2.66. The van der Waals surface area contributed by atoms with E-state index in [1.54, 1.807) is 6.07 Å². The minimum atomic E-state index is -0.381. The third-order valence-electron chi connectivity index (χ3n) is 3.59. The van der Waals surface area contributed by atoms with Crippen molar-refractivity contribution in [1.82, 2.24) is 0 Å². The maximum absolute atomic E-state index is 11.6. The number of hydrogen-bond acceptors (Lipinski definition) is 2. The maximum atomic E-state index is 11.6. The van der Waals surface area contributed by atoms with Crippen LogP contribution in [-0.2, 0) is 0 Å². The Bertz CT molecular complexity index is 649. The topological polar surface area (TPSA) is 46.3 Å². The highest BCUT2D eigenvalue weighted by Gasteiger charge is 2.24. The lowest BCUT2D eigenvalue weighted by atomic mass is 9.99. The van der Waals surface area contributed by atoms with Gasteiger partial charge in [-0.05, 0) is 23.8 Å². The lowest BCUT2D eigenvalue weighted by Gasteiger charge is -2.28. The Labute approximate surface area is 118 Å². The largest absolute Gasteiger partial charge is 0.366 e. The summed E-state index contributed by atoms with van der Waals surface area (Å²) >= 11 is 0. The fraction of sp³-hybridized carbons (Fsp3) is 0.118. The Morgan fingerprint density at radius 1 is 1.05 bits per heavy atom. The van der Waals surface area contributed by atoms with Gasteiger partial charge in [-0.1, -0.05) is 48.6 Å². The molecule has 20 heavy (non-hydrogen) atoms. The Hall–Kier alpha value is -2.55. The van der Waals surface area contributed by atoms with Crippen molar-refractivity contribution in [2.75, 3.05) is 11.4 Å². The van der Waals surface area contributed by atoms with Crippen LogP contribution in [0.25, 0.3) is 0 Å². The van der Waals surface area contributed by atoms with Crippen LogP contribution in [0.3, 0.4) is 0 Å². The lowest BCUT2D eigenvalue weighted by Crippen LogP contribution is -2.25. The van der Waals surface area contributed by atoms with Gasteiger partial charge in [0, 0.05) is 17.8 Å². The van der Waals surface area contributed by atoms with Crippen LogP contribution in [0.15, 0.2) is 66.7 Å². The molecule has 2 N–H and O–H groups in total. The third-order valence-corrected chi connectivity index (χ3v) is 3.59. The molecule has 1 atom stereocenters. The number of amides is 1. The number of hydrogen-bond donors (Lipinski definition) is 1. The van der Waals surface area contributed by atoms with Gasteiger partial charge < -0.3 is 10.6 Å². The lowest BCUT2D eigenvalue weighted by molar-refractivity contribution is 0.0999. The Balaban J connectivity index is 2.01. The van der Waals surface area contributed by atoms with Gasteiger partial charge in [-0.25, -0.2) is 0 Å². The van der Waals surface area contributed by atoms with Crippen LogP contribution in [0.5, 0.6) is 0 Å². The molecule has 0 radical (unpaired) electrons. The molecule has 2 aromatic carbocycles. The molecule has 1 aliphatic heterocycles. The van der Waals surface area contributed by atoms with Gasteiger partial charge in [0.05, 0.1) is 6.04 Å². The minimum Gasteiger partial charge on any atom is -0.366 e. The summed E-state index contributed by atoms with van der Waals surface area (Å²) in [6, 6.07) is 17.8. The summed E-state index contributed by atoms with van der Waals surface area (Å²) in [7, 11) is 0. The fourth-order valence-electron chi connectivity index (χ4n) is 2.66. The van der Waals surface area contributed by atoms with E-state index in [0.717, 1.165) is 17.8 Å². The predicted molar refractivity (Wildman–Crippen MR) is 80.6 cm³/mol. The summed E-state index contributed by atoms with van der Waals surface area (Å²) < 4.78 is 0. The van der Waals surface area contributed by atoms with Crippen LogP contribution in [0, 0.1) is 0 Å². The van der Waals surface area contributed by atoms with Crippen molar-refractivity contribution in [2.24, 2.45) is 5.73 Å². The molecular formula is C17H16N2O. The van der Waals surface area contributed by atoms with E-state index in [9.17, 15) is 4.79 Å². The van der Waals surface area contributed by atoms with E-state index >= 15 is 0 Å². The second-order valence-corrected chi connectivity index (χ2v) is 4.81. The highest BCUT2D eigenvalue weighted by atomic mass is 16.1. The molecule has 0 saturated carbocycles. The zero-order chi connectivity index (χ0) is 13.9. The molecule has 0 aliphatic carbocycles. The summed E-state index contributed by atoms with van der Waals surface area (Å²) in [5.74, 6) is -0.381. The Morgan fingerprint density at radius 2 is 1.75 bits per heavy atom. The first-order valence-corrected chi connectivity index (χ1v) is 6.64. The molecule has 100 valence electrons. The normalized spacial score (nSPS) is 17.4. The average Bonchev–Trinajstić information content (AvgIpc) is 2.97. The van der Waals surface area contributed by atoms with E-state index in [1.807, 2.05) is 36.4 Å². The molecule has 0 aromatic heterocycles. The van der Waals surface area contributed by atoms with Gasteiger partial charge in [0.2, 0.25) is 5.91 Å².